The first kappa shape index (κ1) is 15.7. The molecule has 5 heteroatoms. The predicted octanol–water partition coefficient (Wildman–Crippen LogP) is 3.40. The van der Waals surface area contributed by atoms with Crippen molar-refractivity contribution in [1.29, 1.82) is 5.26 Å². The van der Waals surface area contributed by atoms with Gasteiger partial charge in [0, 0.05) is 4.75 Å². The number of hydrogen-bond donors (Lipinski definition) is 0. The summed E-state index contributed by atoms with van der Waals surface area (Å²) < 4.78 is 4.95. The maximum absolute atomic E-state index is 11.6. The minimum Gasteiger partial charge on any atom is -0.449 e. The second kappa shape index (κ2) is 7.86. The van der Waals surface area contributed by atoms with Gasteiger partial charge in [-0.2, -0.15) is 5.26 Å². The summed E-state index contributed by atoms with van der Waals surface area (Å²) in [5.74, 6) is -0.273. The summed E-state index contributed by atoms with van der Waals surface area (Å²) in [6, 6.07) is 1.81. The van der Waals surface area contributed by atoms with Crippen LogP contribution in [0.5, 0.6) is 0 Å². The van der Waals surface area contributed by atoms with Crippen molar-refractivity contribution in [3.8, 4) is 6.07 Å². The molecule has 0 amide bonds. The lowest BCUT2D eigenvalue weighted by molar-refractivity contribution is -0.141. The highest BCUT2D eigenvalue weighted by Gasteiger charge is 2.23. The first-order valence-corrected chi connectivity index (χ1v) is 7.50. The van der Waals surface area contributed by atoms with E-state index in [9.17, 15) is 4.79 Å². The number of nitrogens with zero attached hydrogens (tertiary/aromatic N) is 1. The van der Waals surface area contributed by atoms with Crippen molar-refractivity contribution in [1.82, 2.24) is 0 Å². The molecule has 0 aromatic carbocycles. The van der Waals surface area contributed by atoms with Crippen LogP contribution >= 0.6 is 21.6 Å². The number of carbonyl (C=O) groups excluding carboxylic acids is 1. The number of esters is 1. The average molecular weight is 261 g/mol. The molecule has 3 nitrogen and oxygen atoms in total. The van der Waals surface area contributed by atoms with Gasteiger partial charge in [0.25, 0.3) is 0 Å². The van der Waals surface area contributed by atoms with Crippen LogP contribution in [0.1, 0.15) is 40.5 Å². The predicted molar refractivity (Wildman–Crippen MR) is 70.2 cm³/mol. The third-order valence-electron chi connectivity index (χ3n) is 1.51. The van der Waals surface area contributed by atoms with Gasteiger partial charge in [0.2, 0.25) is 0 Å². The highest BCUT2D eigenvalue weighted by molar-refractivity contribution is 8.77. The monoisotopic (exact) mass is 261 g/mol. The Kier molecular flexibility index (Phi) is 7.69. The Morgan fingerprint density at radius 3 is 2.56 bits per heavy atom. The van der Waals surface area contributed by atoms with Crippen LogP contribution in [-0.4, -0.2) is 22.6 Å². The third kappa shape index (κ3) is 7.89. The summed E-state index contributed by atoms with van der Waals surface area (Å²) >= 11 is 0. The molecule has 0 fully saturated rings. The molecule has 0 aromatic rings. The van der Waals surface area contributed by atoms with Gasteiger partial charge in [-0.3, -0.25) is 4.79 Å². The van der Waals surface area contributed by atoms with E-state index in [-0.39, 0.29) is 22.6 Å². The Labute approximate surface area is 106 Å². The Morgan fingerprint density at radius 2 is 2.12 bits per heavy atom. The van der Waals surface area contributed by atoms with Gasteiger partial charge >= 0.3 is 5.97 Å². The lowest BCUT2D eigenvalue weighted by atomic mass is 10.2. The van der Waals surface area contributed by atoms with Crippen LogP contribution in [0, 0.1) is 11.3 Å². The van der Waals surface area contributed by atoms with Crippen LogP contribution in [-0.2, 0) is 9.53 Å². The maximum Gasteiger partial charge on any atom is 0.320 e. The average Bonchev–Trinajstić information content (AvgIpc) is 2.19. The fourth-order valence-electron chi connectivity index (χ4n) is 0.866. The summed E-state index contributed by atoms with van der Waals surface area (Å²) in [6.45, 7) is 8.20. The summed E-state index contributed by atoms with van der Waals surface area (Å²) in [4.78, 5) is 11.6. The largest absolute Gasteiger partial charge is 0.449 e. The minimum absolute atomic E-state index is 0.117. The minimum atomic E-state index is -0.273. The van der Waals surface area contributed by atoms with E-state index in [1.807, 2.05) is 13.0 Å². The fourth-order valence-corrected chi connectivity index (χ4v) is 3.49. The van der Waals surface area contributed by atoms with E-state index in [4.69, 9.17) is 10.00 Å². The van der Waals surface area contributed by atoms with Gasteiger partial charge in [-0.25, -0.2) is 0 Å². The van der Waals surface area contributed by atoms with Crippen LogP contribution < -0.4 is 0 Å². The molecule has 1 atom stereocenters. The molecule has 0 aliphatic rings. The van der Waals surface area contributed by atoms with Gasteiger partial charge in [-0.05, 0) is 6.42 Å². The van der Waals surface area contributed by atoms with E-state index in [0.717, 1.165) is 12.8 Å². The van der Waals surface area contributed by atoms with Crippen molar-refractivity contribution in [2.24, 2.45) is 0 Å². The molecule has 0 radical (unpaired) electrons. The standard InChI is InChI=1S/C11H19NO2S2/c1-5-6-9(10(13)14-8-7-12)15-16-11(2,3)4/h9H,5-6,8H2,1-4H3. The van der Waals surface area contributed by atoms with Crippen LogP contribution in [0.15, 0.2) is 0 Å². The zero-order chi connectivity index (χ0) is 12.6. The molecule has 0 N–H and O–H groups in total. The molecule has 16 heavy (non-hydrogen) atoms. The topological polar surface area (TPSA) is 50.1 Å². The van der Waals surface area contributed by atoms with Gasteiger partial charge in [0.05, 0.1) is 0 Å². The Balaban J connectivity index is 4.16. The highest BCUT2D eigenvalue weighted by atomic mass is 33.1. The van der Waals surface area contributed by atoms with Crippen molar-refractivity contribution in [2.75, 3.05) is 6.61 Å². The summed E-state index contributed by atoms with van der Waals surface area (Å²) in [7, 11) is 3.22. The molecule has 0 heterocycles. The summed E-state index contributed by atoms with van der Waals surface area (Å²) in [5, 5.41) is 8.18. The molecule has 0 bridgehead atoms. The molecule has 92 valence electrons. The SMILES string of the molecule is CCCC(SSC(C)(C)C)C(=O)OCC#N. The molecule has 0 aromatic heterocycles. The van der Waals surface area contributed by atoms with Crippen molar-refractivity contribution < 1.29 is 9.53 Å². The van der Waals surface area contributed by atoms with Gasteiger partial charge in [0.1, 0.15) is 11.3 Å². The number of nitriles is 1. The molecule has 0 saturated carbocycles. The summed E-state index contributed by atoms with van der Waals surface area (Å²) in [5.41, 5.74) is 0. The summed E-state index contributed by atoms with van der Waals surface area (Å²) in [6.07, 6.45) is 1.72. The number of hydrogen-bond acceptors (Lipinski definition) is 5. The zero-order valence-electron chi connectivity index (χ0n) is 10.3. The third-order valence-corrected chi connectivity index (χ3v) is 5.25. The van der Waals surface area contributed by atoms with Gasteiger partial charge in [-0.1, -0.05) is 55.7 Å². The molecule has 0 aliphatic heterocycles. The van der Waals surface area contributed by atoms with Crippen LogP contribution in [0.3, 0.4) is 0 Å². The molecule has 0 spiro atoms. The van der Waals surface area contributed by atoms with Gasteiger partial charge < -0.3 is 4.74 Å². The van der Waals surface area contributed by atoms with Crippen LogP contribution in [0.2, 0.25) is 0 Å². The van der Waals surface area contributed by atoms with E-state index in [2.05, 4.69) is 20.8 Å². The van der Waals surface area contributed by atoms with Crippen molar-refractivity contribution in [3.05, 3.63) is 0 Å². The molecule has 0 saturated heterocycles. The molecular formula is C11H19NO2S2. The maximum atomic E-state index is 11.6. The van der Waals surface area contributed by atoms with Crippen LogP contribution in [0.25, 0.3) is 0 Å². The van der Waals surface area contributed by atoms with Gasteiger partial charge in [0.15, 0.2) is 6.61 Å². The lowest BCUT2D eigenvalue weighted by Gasteiger charge is -2.20. The molecule has 0 rings (SSSR count). The first-order chi connectivity index (χ1) is 7.40. The van der Waals surface area contributed by atoms with E-state index in [0.29, 0.717) is 0 Å². The second-order valence-electron chi connectivity index (χ2n) is 4.34. The van der Waals surface area contributed by atoms with Crippen molar-refractivity contribution >= 4 is 27.6 Å². The van der Waals surface area contributed by atoms with Crippen molar-refractivity contribution in [2.45, 2.75) is 50.5 Å². The first-order valence-electron chi connectivity index (χ1n) is 5.28. The molecule has 1 unspecified atom stereocenters. The fraction of sp³-hybridized carbons (Fsp3) is 0.818. The number of ether oxygens (including phenoxy) is 1. The van der Waals surface area contributed by atoms with E-state index >= 15 is 0 Å². The van der Waals surface area contributed by atoms with Crippen molar-refractivity contribution in [3.63, 3.8) is 0 Å². The van der Waals surface area contributed by atoms with E-state index in [1.54, 1.807) is 21.6 Å². The molecular weight excluding hydrogens is 242 g/mol. The Bertz CT molecular complexity index is 256. The Morgan fingerprint density at radius 1 is 1.50 bits per heavy atom. The van der Waals surface area contributed by atoms with Crippen LogP contribution in [0.4, 0.5) is 0 Å². The highest BCUT2D eigenvalue weighted by Crippen LogP contribution is 2.39. The number of rotatable bonds is 6. The second-order valence-corrected chi connectivity index (χ2v) is 7.57. The normalized spacial score (nSPS) is 12.9. The molecule has 0 aliphatic carbocycles. The number of carbonyl (C=O) groups is 1. The Hall–Kier alpha value is -0.340. The quantitative estimate of drug-likeness (QED) is 0.542. The van der Waals surface area contributed by atoms with E-state index < -0.39 is 0 Å². The zero-order valence-corrected chi connectivity index (χ0v) is 11.9. The lowest BCUT2D eigenvalue weighted by Crippen LogP contribution is -2.20. The smallest absolute Gasteiger partial charge is 0.320 e. The van der Waals surface area contributed by atoms with E-state index in [1.165, 1.54) is 0 Å². The van der Waals surface area contributed by atoms with Gasteiger partial charge in [-0.15, -0.1) is 0 Å².